The van der Waals surface area contributed by atoms with Gasteiger partial charge in [-0.1, -0.05) is 11.8 Å². The standard InChI is InChI=1S/C19H28N6S/c1-23-12-19(13-23)5-4-15(11-19)24-7-9-25(10-8-24)18-16(3-2-6-22-18)17(21)26-14-20/h2-3,6,14-15,20-21H,4-5,7-13H2,1H3. The van der Waals surface area contributed by atoms with Gasteiger partial charge in [-0.15, -0.1) is 0 Å². The minimum absolute atomic E-state index is 0.400. The Kier molecular flexibility index (Phi) is 5.03. The SMILES string of the molecule is CN1CC2(CCC(N3CCN(c4ncccc4C(=N)SC=N)CC3)C2)C1. The number of piperazine rings is 1. The number of anilines is 1. The molecule has 6 nitrogen and oxygen atoms in total. The van der Waals surface area contributed by atoms with Crippen LogP contribution in [0.5, 0.6) is 0 Å². The molecule has 0 radical (unpaired) electrons. The molecular weight excluding hydrogens is 344 g/mol. The number of rotatable bonds is 4. The molecule has 7 heteroatoms. The zero-order chi connectivity index (χ0) is 18.1. The fourth-order valence-corrected chi connectivity index (χ4v) is 5.53. The van der Waals surface area contributed by atoms with Crippen molar-refractivity contribution in [3.63, 3.8) is 0 Å². The van der Waals surface area contributed by atoms with Crippen molar-refractivity contribution in [2.45, 2.75) is 25.3 Å². The summed E-state index contributed by atoms with van der Waals surface area (Å²) >= 11 is 1.14. The van der Waals surface area contributed by atoms with Gasteiger partial charge >= 0.3 is 0 Å². The van der Waals surface area contributed by atoms with E-state index in [-0.39, 0.29) is 0 Å². The van der Waals surface area contributed by atoms with E-state index in [4.69, 9.17) is 10.8 Å². The third kappa shape index (κ3) is 3.40. The van der Waals surface area contributed by atoms with Gasteiger partial charge in [0.15, 0.2) is 0 Å². The van der Waals surface area contributed by atoms with Crippen LogP contribution in [0.2, 0.25) is 0 Å². The normalized spacial score (nSPS) is 26.0. The minimum Gasteiger partial charge on any atom is -0.353 e. The molecule has 26 heavy (non-hydrogen) atoms. The molecule has 4 rings (SSSR count). The average molecular weight is 373 g/mol. The number of nitrogens with one attached hydrogen (secondary N) is 2. The number of pyridine rings is 1. The summed E-state index contributed by atoms with van der Waals surface area (Å²) < 4.78 is 0. The van der Waals surface area contributed by atoms with Gasteiger partial charge < -0.3 is 15.2 Å². The third-order valence-corrected chi connectivity index (χ3v) is 6.80. The summed E-state index contributed by atoms with van der Waals surface area (Å²) in [5, 5.41) is 15.8. The molecule has 1 aromatic heterocycles. The summed E-state index contributed by atoms with van der Waals surface area (Å²) in [5.74, 6) is 0.898. The summed E-state index contributed by atoms with van der Waals surface area (Å²) in [4.78, 5) is 12.0. The maximum Gasteiger partial charge on any atom is 0.138 e. The van der Waals surface area contributed by atoms with E-state index >= 15 is 0 Å². The van der Waals surface area contributed by atoms with Gasteiger partial charge in [-0.2, -0.15) is 0 Å². The minimum atomic E-state index is 0.400. The molecule has 1 atom stereocenters. The molecule has 3 aliphatic rings. The number of hydrogen-bond donors (Lipinski definition) is 2. The van der Waals surface area contributed by atoms with E-state index in [0.717, 1.165) is 55.4 Å². The maximum atomic E-state index is 8.18. The Labute approximate surface area is 160 Å². The van der Waals surface area contributed by atoms with Crippen molar-refractivity contribution >= 4 is 28.2 Å². The fourth-order valence-electron chi connectivity index (χ4n) is 5.12. The van der Waals surface area contributed by atoms with Crippen LogP contribution in [0.3, 0.4) is 0 Å². The summed E-state index contributed by atoms with van der Waals surface area (Å²) in [7, 11) is 2.23. The van der Waals surface area contributed by atoms with Crippen LogP contribution in [0.25, 0.3) is 0 Å². The molecule has 3 fully saturated rings. The van der Waals surface area contributed by atoms with Crippen LogP contribution >= 0.6 is 11.8 Å². The Bertz CT molecular complexity index is 678. The lowest BCUT2D eigenvalue weighted by Gasteiger charge is -2.47. The molecule has 1 unspecified atom stereocenters. The van der Waals surface area contributed by atoms with E-state index in [1.54, 1.807) is 6.20 Å². The summed E-state index contributed by atoms with van der Waals surface area (Å²) in [6, 6.07) is 4.57. The number of hydrogen-bond acceptors (Lipinski definition) is 7. The molecule has 1 aliphatic carbocycles. The van der Waals surface area contributed by atoms with Crippen LogP contribution in [-0.2, 0) is 0 Å². The van der Waals surface area contributed by atoms with Crippen molar-refractivity contribution in [1.29, 1.82) is 10.8 Å². The molecule has 0 aromatic carbocycles. The van der Waals surface area contributed by atoms with Gasteiger partial charge in [-0.3, -0.25) is 10.3 Å². The van der Waals surface area contributed by atoms with Gasteiger partial charge in [0.2, 0.25) is 0 Å². The number of aromatic nitrogens is 1. The first kappa shape index (κ1) is 17.9. The van der Waals surface area contributed by atoms with Crippen molar-refractivity contribution in [3.05, 3.63) is 23.9 Å². The van der Waals surface area contributed by atoms with Gasteiger partial charge in [0.1, 0.15) is 10.9 Å². The van der Waals surface area contributed by atoms with E-state index in [9.17, 15) is 0 Å². The van der Waals surface area contributed by atoms with Crippen LogP contribution in [0.15, 0.2) is 18.3 Å². The van der Waals surface area contributed by atoms with E-state index in [1.165, 1.54) is 37.9 Å². The van der Waals surface area contributed by atoms with Crippen molar-refractivity contribution in [1.82, 2.24) is 14.8 Å². The Hall–Kier alpha value is -1.44. The first-order valence-electron chi connectivity index (χ1n) is 9.47. The van der Waals surface area contributed by atoms with Crippen molar-refractivity contribution in [2.24, 2.45) is 5.41 Å². The number of likely N-dealkylation sites (tertiary alicyclic amines) is 1. The largest absolute Gasteiger partial charge is 0.353 e. The lowest BCUT2D eigenvalue weighted by molar-refractivity contribution is 0.0204. The molecule has 2 N–H and O–H groups in total. The van der Waals surface area contributed by atoms with Gasteiger partial charge in [-0.25, -0.2) is 4.98 Å². The first-order chi connectivity index (χ1) is 12.6. The Morgan fingerprint density at radius 3 is 2.77 bits per heavy atom. The predicted molar refractivity (Wildman–Crippen MR) is 109 cm³/mol. The second-order valence-corrected chi connectivity index (χ2v) is 8.91. The van der Waals surface area contributed by atoms with E-state index in [0.29, 0.717) is 10.5 Å². The zero-order valence-corrected chi connectivity index (χ0v) is 16.3. The second-order valence-electron chi connectivity index (χ2n) is 8.03. The van der Waals surface area contributed by atoms with Gasteiger partial charge in [0.05, 0.1) is 5.55 Å². The lowest BCUT2D eigenvalue weighted by Crippen LogP contribution is -2.54. The second kappa shape index (κ2) is 7.29. The first-order valence-corrected chi connectivity index (χ1v) is 10.4. The zero-order valence-electron chi connectivity index (χ0n) is 15.4. The van der Waals surface area contributed by atoms with Crippen LogP contribution in [0.4, 0.5) is 5.82 Å². The maximum absolute atomic E-state index is 8.18. The number of thioether (sulfide) groups is 1. The van der Waals surface area contributed by atoms with Gasteiger partial charge in [0, 0.05) is 57.1 Å². The summed E-state index contributed by atoms with van der Waals surface area (Å²) in [5.41, 5.74) is 2.67. The fraction of sp³-hybridized carbons (Fsp3) is 0.632. The van der Waals surface area contributed by atoms with Gasteiger partial charge in [0.25, 0.3) is 0 Å². The summed E-state index contributed by atoms with van der Waals surface area (Å²) in [6.45, 7) is 6.67. The molecule has 1 aromatic rings. The van der Waals surface area contributed by atoms with Gasteiger partial charge in [-0.05, 0) is 43.9 Å². The quantitative estimate of drug-likeness (QED) is 0.627. The van der Waals surface area contributed by atoms with Crippen LogP contribution in [0, 0.1) is 16.2 Å². The Balaban J connectivity index is 1.37. The Morgan fingerprint density at radius 1 is 1.31 bits per heavy atom. The predicted octanol–water partition coefficient (Wildman–Crippen LogP) is 2.35. The molecule has 0 amide bonds. The van der Waals surface area contributed by atoms with Crippen LogP contribution < -0.4 is 4.90 Å². The molecule has 0 bridgehead atoms. The topological polar surface area (TPSA) is 70.3 Å². The van der Waals surface area contributed by atoms with E-state index in [1.807, 2.05) is 12.1 Å². The highest BCUT2D eigenvalue weighted by Crippen LogP contribution is 2.46. The molecule has 1 spiro atoms. The van der Waals surface area contributed by atoms with Crippen molar-refractivity contribution in [3.8, 4) is 0 Å². The summed E-state index contributed by atoms with van der Waals surface area (Å²) in [6.07, 6.45) is 5.92. The van der Waals surface area contributed by atoms with Crippen LogP contribution in [-0.4, -0.2) is 77.7 Å². The highest BCUT2D eigenvalue weighted by atomic mass is 32.2. The molecule has 1 saturated carbocycles. The smallest absolute Gasteiger partial charge is 0.138 e. The van der Waals surface area contributed by atoms with Crippen molar-refractivity contribution in [2.75, 3.05) is 51.2 Å². The Morgan fingerprint density at radius 2 is 2.08 bits per heavy atom. The highest BCUT2D eigenvalue weighted by Gasteiger charge is 2.48. The van der Waals surface area contributed by atoms with Crippen LogP contribution in [0.1, 0.15) is 24.8 Å². The van der Waals surface area contributed by atoms with E-state index < -0.39 is 0 Å². The average Bonchev–Trinajstić information content (AvgIpc) is 3.07. The van der Waals surface area contributed by atoms with Crippen molar-refractivity contribution < 1.29 is 0 Å². The van der Waals surface area contributed by atoms with E-state index in [2.05, 4.69) is 26.7 Å². The molecule has 2 saturated heterocycles. The lowest BCUT2D eigenvalue weighted by atomic mass is 9.78. The molecule has 3 heterocycles. The molecule has 140 valence electrons. The highest BCUT2D eigenvalue weighted by molar-refractivity contribution is 8.25. The third-order valence-electron chi connectivity index (χ3n) is 6.23. The molecule has 2 aliphatic heterocycles. The monoisotopic (exact) mass is 372 g/mol. The molecular formula is C19H28N6S. The number of nitrogens with zero attached hydrogens (tertiary/aromatic N) is 4.